The smallest absolute Gasteiger partial charge is 1.00 e. The Labute approximate surface area is 325 Å². The van der Waals surface area contributed by atoms with E-state index in [4.69, 9.17) is 15.0 Å². The van der Waals surface area contributed by atoms with Crippen LogP contribution < -0.4 is 24.8 Å². The van der Waals surface area contributed by atoms with Gasteiger partial charge in [0, 0.05) is 0 Å². The number of hydrogen-bond donors (Lipinski definition) is 0. The zero-order valence-electron chi connectivity index (χ0n) is 30.2. The molecule has 4 aliphatic rings. The maximum atomic E-state index is 5.35. The number of hydrogen-bond acceptors (Lipinski definition) is 3. The van der Waals surface area contributed by atoms with Gasteiger partial charge in [-0.15, -0.1) is 0 Å². The van der Waals surface area contributed by atoms with Gasteiger partial charge in [-0.25, -0.2) is 4.98 Å². The van der Waals surface area contributed by atoms with Gasteiger partial charge >= 0.3 is 17.1 Å². The summed E-state index contributed by atoms with van der Waals surface area (Å²) in [4.78, 5) is 15.8. The Kier molecular flexibility index (Phi) is 16.6. The zero-order valence-corrected chi connectivity index (χ0v) is 32.8. The van der Waals surface area contributed by atoms with E-state index in [9.17, 15) is 0 Å². The molecule has 7 rings (SSSR count). The second kappa shape index (κ2) is 20.3. The van der Waals surface area contributed by atoms with Gasteiger partial charge in [-0.05, 0) is 122 Å². The third-order valence-electron chi connectivity index (χ3n) is 12.0. The van der Waals surface area contributed by atoms with E-state index in [1.54, 1.807) is 0 Å². The van der Waals surface area contributed by atoms with Crippen molar-refractivity contribution >= 4 is 23.8 Å². The first kappa shape index (κ1) is 40.8. The van der Waals surface area contributed by atoms with Gasteiger partial charge in [0.2, 0.25) is 0 Å². The van der Waals surface area contributed by atoms with Crippen molar-refractivity contribution in [3.63, 3.8) is 0 Å². The number of aliphatic imine (C=N–C) groups is 2. The van der Waals surface area contributed by atoms with Gasteiger partial charge < -0.3 is 24.8 Å². The number of halogens is 2. The molecule has 0 unspecified atom stereocenters. The molecule has 4 saturated carbocycles. The maximum absolute atomic E-state index is 5.35. The minimum Gasteiger partial charge on any atom is -1.00 e. The summed E-state index contributed by atoms with van der Waals surface area (Å²) >= 11 is 0. The average Bonchev–Trinajstić information content (AvgIpc) is 3.14. The first-order valence-corrected chi connectivity index (χ1v) is 19.6. The third kappa shape index (κ3) is 10.1. The van der Waals surface area contributed by atoms with Gasteiger partial charge in [0.25, 0.3) is 0 Å². The van der Waals surface area contributed by atoms with E-state index in [1.165, 1.54) is 168 Å². The normalized spacial score (nSPS) is 19.9. The number of para-hydroxylation sites is 2. The fraction of sp³-hybridized carbons (Fsp3) is 0.568. The first-order chi connectivity index (χ1) is 23.2. The van der Waals surface area contributed by atoms with E-state index in [-0.39, 0.29) is 41.9 Å². The van der Waals surface area contributed by atoms with Crippen molar-refractivity contribution in [1.29, 1.82) is 0 Å². The molecule has 6 heteroatoms. The molecule has 4 aliphatic carbocycles. The molecule has 0 spiro atoms. The molecule has 0 bridgehead atoms. The van der Waals surface area contributed by atoms with Crippen LogP contribution in [0.5, 0.6) is 0 Å². The molecule has 3 nitrogen and oxygen atoms in total. The number of rotatable bonds is 8. The second-order valence-corrected chi connectivity index (χ2v) is 15.4. The molecule has 1 aromatic heterocycles. The van der Waals surface area contributed by atoms with Crippen LogP contribution in [0.3, 0.4) is 0 Å². The van der Waals surface area contributed by atoms with Crippen LogP contribution in [0.1, 0.15) is 191 Å². The number of aryl methyl sites for hydroxylation is 1. The molecule has 0 aliphatic heterocycles. The summed E-state index contributed by atoms with van der Waals surface area (Å²) in [5.41, 5.74) is 11.5. The number of benzene rings is 2. The number of aromatic nitrogens is 1. The van der Waals surface area contributed by atoms with Crippen molar-refractivity contribution in [2.24, 2.45) is 9.98 Å². The molecule has 0 amide bonds. The Morgan fingerprint density at radius 3 is 1.04 bits per heavy atom. The van der Waals surface area contributed by atoms with Gasteiger partial charge in [0.15, 0.2) is 0 Å². The summed E-state index contributed by atoms with van der Waals surface area (Å²) in [6.07, 6.45) is 30.7. The minimum absolute atomic E-state index is 0. The van der Waals surface area contributed by atoms with E-state index in [0.717, 1.165) is 11.4 Å². The zero-order chi connectivity index (χ0) is 31.8. The van der Waals surface area contributed by atoms with Gasteiger partial charge in [-0.3, -0.25) is 9.98 Å². The number of pyridine rings is 1. The molecule has 0 radical (unpaired) electrons. The van der Waals surface area contributed by atoms with Gasteiger partial charge in [-0.2, -0.15) is 0 Å². The topological polar surface area (TPSA) is 37.6 Å². The fourth-order valence-electron chi connectivity index (χ4n) is 9.55. The van der Waals surface area contributed by atoms with Crippen molar-refractivity contribution in [1.82, 2.24) is 4.98 Å². The van der Waals surface area contributed by atoms with E-state index in [0.29, 0.717) is 23.7 Å². The largest absolute Gasteiger partial charge is 2.00 e. The van der Waals surface area contributed by atoms with Gasteiger partial charge in [0.1, 0.15) is 0 Å². The molecule has 1 heterocycles. The summed E-state index contributed by atoms with van der Waals surface area (Å²) in [6.45, 7) is 2.18. The molecule has 0 atom stereocenters. The minimum atomic E-state index is 0. The van der Waals surface area contributed by atoms with Crippen molar-refractivity contribution in [3.05, 3.63) is 87.7 Å². The fourth-order valence-corrected chi connectivity index (χ4v) is 9.55. The van der Waals surface area contributed by atoms with Crippen LogP contribution in [0.4, 0.5) is 11.4 Å². The van der Waals surface area contributed by atoms with Crippen LogP contribution in [-0.4, -0.2) is 17.4 Å². The van der Waals surface area contributed by atoms with Crippen LogP contribution in [0, 0.1) is 6.92 Å². The molecular formula is C44H57Cl2FeN3. The van der Waals surface area contributed by atoms with Crippen LogP contribution in [0.25, 0.3) is 0 Å². The average molecular weight is 755 g/mol. The molecule has 2 aromatic carbocycles. The summed E-state index contributed by atoms with van der Waals surface area (Å²) in [7, 11) is 0. The maximum Gasteiger partial charge on any atom is 2.00 e. The molecule has 0 N–H and O–H groups in total. The standard InChI is InChI=1S/C44H57N3.2ClH.Fe/c1-32-28-37(30-45-43-39(33-16-6-2-7-17-33)24-14-25-40(43)34-18-8-3-9-19-34)47-38(29-32)31-46-44-41(35-20-10-4-11-21-35)26-15-27-42(44)36-22-12-5-13-23-36;;;/h14-15,24-31,33-36H,2-13,16-23H2,1H3;2*1H;/q;;;+2/p-2. The number of nitrogens with zero attached hydrogens (tertiary/aromatic N) is 3. The first-order valence-electron chi connectivity index (χ1n) is 19.6. The van der Waals surface area contributed by atoms with Crippen molar-refractivity contribution in [2.75, 3.05) is 0 Å². The molecule has 3 aromatic rings. The molecule has 270 valence electrons. The summed E-state index contributed by atoms with van der Waals surface area (Å²) in [5, 5.41) is 0. The summed E-state index contributed by atoms with van der Waals surface area (Å²) < 4.78 is 0. The van der Waals surface area contributed by atoms with Gasteiger partial charge in [-0.1, -0.05) is 113 Å². The Bertz CT molecular complexity index is 1360. The van der Waals surface area contributed by atoms with E-state index in [2.05, 4.69) is 67.9 Å². The summed E-state index contributed by atoms with van der Waals surface area (Å²) in [6, 6.07) is 18.5. The second-order valence-electron chi connectivity index (χ2n) is 15.4. The van der Waals surface area contributed by atoms with E-state index in [1.807, 2.05) is 0 Å². The van der Waals surface area contributed by atoms with Crippen LogP contribution in [0.2, 0.25) is 0 Å². The Morgan fingerprint density at radius 1 is 0.480 bits per heavy atom. The molecule has 4 fully saturated rings. The van der Waals surface area contributed by atoms with E-state index >= 15 is 0 Å². The van der Waals surface area contributed by atoms with Crippen molar-refractivity contribution in [3.8, 4) is 0 Å². The molecular weight excluding hydrogens is 697 g/mol. The van der Waals surface area contributed by atoms with Crippen LogP contribution >= 0.6 is 0 Å². The SMILES string of the molecule is Cc1cc(C=Nc2c(C3CCCCC3)cccc2C2CCCCC2)nc(C=Nc2c(C3CCCCC3)cccc2C2CCCCC2)c1.[Cl-].[Cl-].[Fe+2]. The monoisotopic (exact) mass is 753 g/mol. The predicted octanol–water partition coefficient (Wildman–Crippen LogP) is 7.09. The van der Waals surface area contributed by atoms with Crippen molar-refractivity contribution < 1.29 is 41.9 Å². The Balaban J connectivity index is 0.00000187. The Hall–Kier alpha value is -1.97. The van der Waals surface area contributed by atoms with Crippen molar-refractivity contribution in [2.45, 2.75) is 159 Å². The van der Waals surface area contributed by atoms with Crippen LogP contribution in [0.15, 0.2) is 58.5 Å². The predicted molar refractivity (Wildman–Crippen MR) is 200 cm³/mol. The quantitative estimate of drug-likeness (QED) is 0.179. The summed E-state index contributed by atoms with van der Waals surface area (Å²) in [5.74, 6) is 2.54. The molecule has 0 saturated heterocycles. The van der Waals surface area contributed by atoms with E-state index < -0.39 is 0 Å². The van der Waals surface area contributed by atoms with Crippen LogP contribution in [-0.2, 0) is 17.1 Å². The Morgan fingerprint density at radius 2 is 0.760 bits per heavy atom. The third-order valence-corrected chi connectivity index (χ3v) is 12.0. The molecule has 50 heavy (non-hydrogen) atoms. The van der Waals surface area contributed by atoms with Gasteiger partial charge in [0.05, 0.1) is 35.2 Å².